The highest BCUT2D eigenvalue weighted by molar-refractivity contribution is 5.75. The molecule has 3 rings (SSSR count). The van der Waals surface area contributed by atoms with E-state index in [2.05, 4.69) is 52.4 Å². The topological polar surface area (TPSA) is 74.5 Å². The van der Waals surface area contributed by atoms with E-state index in [9.17, 15) is 4.79 Å². The lowest BCUT2D eigenvalue weighted by molar-refractivity contribution is 0.189. The maximum absolute atomic E-state index is 12.6. The minimum atomic E-state index is -0.224. The minimum Gasteiger partial charge on any atom is -0.368 e. The van der Waals surface area contributed by atoms with E-state index in [1.807, 2.05) is 11.8 Å². The van der Waals surface area contributed by atoms with Gasteiger partial charge in [-0.15, -0.1) is 0 Å². The highest BCUT2D eigenvalue weighted by Gasteiger charge is 2.25. The van der Waals surface area contributed by atoms with Gasteiger partial charge in [0.15, 0.2) is 5.82 Å². The Hall–Kier alpha value is -2.57. The van der Waals surface area contributed by atoms with E-state index in [0.29, 0.717) is 31.2 Å². The highest BCUT2D eigenvalue weighted by Crippen LogP contribution is 2.21. The van der Waals surface area contributed by atoms with Gasteiger partial charge in [-0.1, -0.05) is 18.1 Å². The lowest BCUT2D eigenvalue weighted by Gasteiger charge is -2.36. The van der Waals surface area contributed by atoms with Gasteiger partial charge in [-0.3, -0.25) is 0 Å². The number of nitrogens with zero attached hydrogens (tertiary/aromatic N) is 4. The third-order valence-electron chi connectivity index (χ3n) is 4.98. The Morgan fingerprint density at radius 3 is 2.50 bits per heavy atom. The van der Waals surface area contributed by atoms with Gasteiger partial charge >= 0.3 is 6.03 Å². The molecule has 140 valence electrons. The number of anilines is 1. The Kier molecular flexibility index (Phi) is 5.44. The van der Waals surface area contributed by atoms with E-state index in [1.54, 1.807) is 6.92 Å². The van der Waals surface area contributed by atoms with Crippen LogP contribution in [0.3, 0.4) is 0 Å². The van der Waals surface area contributed by atoms with Crippen LogP contribution in [0.4, 0.5) is 10.5 Å². The first-order chi connectivity index (χ1) is 12.5. The Morgan fingerprint density at radius 2 is 1.92 bits per heavy atom. The summed E-state index contributed by atoms with van der Waals surface area (Å²) in [5.41, 5.74) is 3.82. The largest absolute Gasteiger partial charge is 0.368 e. The van der Waals surface area contributed by atoms with Crippen molar-refractivity contribution in [2.75, 3.05) is 31.1 Å². The van der Waals surface area contributed by atoms with Crippen molar-refractivity contribution in [3.8, 4) is 0 Å². The second kappa shape index (κ2) is 7.76. The van der Waals surface area contributed by atoms with Crippen LogP contribution in [0.2, 0.25) is 0 Å². The summed E-state index contributed by atoms with van der Waals surface area (Å²) in [6.45, 7) is 11.0. The summed E-state index contributed by atoms with van der Waals surface area (Å²) >= 11 is 0. The first-order valence-electron chi connectivity index (χ1n) is 9.15. The smallest absolute Gasteiger partial charge is 0.318 e. The Morgan fingerprint density at radius 1 is 1.19 bits per heavy atom. The first kappa shape index (κ1) is 18.2. The van der Waals surface area contributed by atoms with Crippen LogP contribution in [-0.2, 0) is 0 Å². The zero-order valence-corrected chi connectivity index (χ0v) is 16.0. The van der Waals surface area contributed by atoms with Gasteiger partial charge in [-0.2, -0.15) is 4.98 Å². The molecule has 7 nitrogen and oxygen atoms in total. The van der Waals surface area contributed by atoms with E-state index in [-0.39, 0.29) is 12.1 Å². The second-order valence-corrected chi connectivity index (χ2v) is 6.82. The molecule has 0 saturated carbocycles. The van der Waals surface area contributed by atoms with Crippen LogP contribution in [-0.4, -0.2) is 47.3 Å². The fourth-order valence-electron chi connectivity index (χ4n) is 3.14. The van der Waals surface area contributed by atoms with Crippen LogP contribution in [0.15, 0.2) is 22.7 Å². The average Bonchev–Trinajstić information content (AvgIpc) is 3.08. The molecule has 1 aromatic carbocycles. The van der Waals surface area contributed by atoms with Crippen molar-refractivity contribution in [1.82, 2.24) is 20.4 Å². The molecular weight excluding hydrogens is 330 g/mol. The number of benzene rings is 1. The van der Waals surface area contributed by atoms with E-state index >= 15 is 0 Å². The van der Waals surface area contributed by atoms with Crippen LogP contribution in [0.25, 0.3) is 0 Å². The van der Waals surface area contributed by atoms with Crippen LogP contribution in [0.1, 0.15) is 42.2 Å². The van der Waals surface area contributed by atoms with Gasteiger partial charge in [-0.05, 0) is 43.5 Å². The normalized spacial score (nSPS) is 15.8. The number of nitrogens with one attached hydrogen (secondary N) is 1. The Labute approximate surface area is 154 Å². The zero-order chi connectivity index (χ0) is 18.7. The highest BCUT2D eigenvalue weighted by atomic mass is 16.5. The van der Waals surface area contributed by atoms with Crippen LogP contribution in [0.5, 0.6) is 0 Å². The quantitative estimate of drug-likeness (QED) is 0.910. The van der Waals surface area contributed by atoms with Gasteiger partial charge in [0.25, 0.3) is 0 Å². The fourth-order valence-corrected chi connectivity index (χ4v) is 3.14. The molecule has 2 heterocycles. The Balaban J connectivity index is 1.56. The molecule has 1 aliphatic rings. The maximum Gasteiger partial charge on any atom is 0.318 e. The summed E-state index contributed by atoms with van der Waals surface area (Å²) in [4.78, 5) is 21.0. The van der Waals surface area contributed by atoms with Gasteiger partial charge in [0.2, 0.25) is 5.89 Å². The molecule has 1 atom stereocenters. The molecule has 0 bridgehead atoms. The van der Waals surface area contributed by atoms with Gasteiger partial charge in [0, 0.05) is 38.8 Å². The second-order valence-electron chi connectivity index (χ2n) is 6.82. The van der Waals surface area contributed by atoms with Crippen molar-refractivity contribution in [2.45, 2.75) is 40.2 Å². The molecule has 1 aromatic heterocycles. The minimum absolute atomic E-state index is 0.0703. The van der Waals surface area contributed by atoms with Crippen molar-refractivity contribution < 1.29 is 9.32 Å². The molecule has 0 spiro atoms. The van der Waals surface area contributed by atoms with Gasteiger partial charge in [0.05, 0.1) is 6.04 Å². The van der Waals surface area contributed by atoms with E-state index in [4.69, 9.17) is 4.52 Å². The molecular formula is C19H27N5O2. The summed E-state index contributed by atoms with van der Waals surface area (Å²) in [6.07, 6.45) is 0.716. The summed E-state index contributed by atoms with van der Waals surface area (Å²) < 4.78 is 5.02. The molecule has 2 aromatic rings. The van der Waals surface area contributed by atoms with Gasteiger partial charge in [0.1, 0.15) is 0 Å². The monoisotopic (exact) mass is 357 g/mol. The number of urea groups is 1. The fraction of sp³-hybridized carbons (Fsp3) is 0.526. The first-order valence-corrected chi connectivity index (χ1v) is 9.15. The average molecular weight is 357 g/mol. The van der Waals surface area contributed by atoms with Crippen LogP contribution >= 0.6 is 0 Å². The van der Waals surface area contributed by atoms with E-state index in [0.717, 1.165) is 13.1 Å². The SMILES string of the molecule is CC[C@H](NC(=O)N1CCN(c2ccc(C)c(C)c2)CC1)c1noc(C)n1. The molecule has 1 N–H and O–H groups in total. The van der Waals surface area contributed by atoms with Crippen molar-refractivity contribution in [3.63, 3.8) is 0 Å². The summed E-state index contributed by atoms with van der Waals surface area (Å²) in [5.74, 6) is 1.04. The Bertz CT molecular complexity index is 765. The summed E-state index contributed by atoms with van der Waals surface area (Å²) in [7, 11) is 0. The molecule has 1 saturated heterocycles. The number of rotatable bonds is 4. The number of carbonyl (C=O) groups excluding carboxylic acids is 1. The van der Waals surface area contributed by atoms with Gasteiger partial charge < -0.3 is 19.6 Å². The third-order valence-corrected chi connectivity index (χ3v) is 4.98. The number of aromatic nitrogens is 2. The molecule has 0 unspecified atom stereocenters. The summed E-state index contributed by atoms with van der Waals surface area (Å²) in [5, 5.41) is 6.95. The molecule has 1 aliphatic heterocycles. The third kappa shape index (κ3) is 3.98. The molecule has 1 fully saturated rings. The van der Waals surface area contributed by atoms with E-state index < -0.39 is 0 Å². The predicted molar refractivity (Wildman–Crippen MR) is 100 cm³/mol. The standard InChI is InChI=1S/C19H27N5O2/c1-5-17(18-20-15(4)26-22-18)21-19(25)24-10-8-23(9-11-24)16-7-6-13(2)14(3)12-16/h6-7,12,17H,5,8-11H2,1-4H3,(H,21,25)/t17-/m0/s1. The number of hydrogen-bond acceptors (Lipinski definition) is 5. The number of amides is 2. The molecule has 0 radical (unpaired) electrons. The van der Waals surface area contributed by atoms with Crippen molar-refractivity contribution >= 4 is 11.7 Å². The van der Waals surface area contributed by atoms with Crippen molar-refractivity contribution in [2.24, 2.45) is 0 Å². The van der Waals surface area contributed by atoms with Gasteiger partial charge in [-0.25, -0.2) is 4.79 Å². The number of aryl methyl sites for hydroxylation is 3. The lowest BCUT2D eigenvalue weighted by atomic mass is 10.1. The molecule has 0 aliphatic carbocycles. The maximum atomic E-state index is 12.6. The number of carbonyl (C=O) groups is 1. The van der Waals surface area contributed by atoms with Crippen LogP contribution in [0, 0.1) is 20.8 Å². The molecule has 7 heteroatoms. The molecule has 26 heavy (non-hydrogen) atoms. The van der Waals surface area contributed by atoms with Crippen LogP contribution < -0.4 is 10.2 Å². The summed E-state index contributed by atoms with van der Waals surface area (Å²) in [6, 6.07) is 6.24. The molecule has 2 amide bonds. The number of piperazine rings is 1. The van der Waals surface area contributed by atoms with Crippen molar-refractivity contribution in [3.05, 3.63) is 41.0 Å². The zero-order valence-electron chi connectivity index (χ0n) is 16.0. The van der Waals surface area contributed by atoms with Crippen molar-refractivity contribution in [1.29, 1.82) is 0 Å². The van der Waals surface area contributed by atoms with E-state index in [1.165, 1.54) is 16.8 Å². The number of hydrogen-bond donors (Lipinski definition) is 1. The predicted octanol–water partition coefficient (Wildman–Crippen LogP) is 2.98. The lowest BCUT2D eigenvalue weighted by Crippen LogP contribution is -2.52.